The fourth-order valence-corrected chi connectivity index (χ4v) is 5.59. The fraction of sp³-hybridized carbons (Fsp3) is 1.00. The predicted molar refractivity (Wildman–Crippen MR) is 70.8 cm³/mol. The lowest BCUT2D eigenvalue weighted by molar-refractivity contribution is -0.110. The van der Waals surface area contributed by atoms with Crippen molar-refractivity contribution in [3.63, 3.8) is 0 Å². The van der Waals surface area contributed by atoms with Crippen molar-refractivity contribution in [2.24, 2.45) is 5.92 Å². The van der Waals surface area contributed by atoms with Gasteiger partial charge in [0.25, 0.3) is 0 Å². The van der Waals surface area contributed by atoms with Gasteiger partial charge in [-0.15, -0.1) is 0 Å². The molecule has 1 saturated carbocycles. The van der Waals surface area contributed by atoms with Crippen molar-refractivity contribution in [2.45, 2.75) is 63.3 Å². The first-order valence-corrected chi connectivity index (χ1v) is 10.5. The summed E-state index contributed by atoms with van der Waals surface area (Å²) < 4.78 is 11.1. The van der Waals surface area contributed by atoms with Gasteiger partial charge in [0.15, 0.2) is 6.29 Å². The van der Waals surface area contributed by atoms with Gasteiger partial charge < -0.3 is 14.6 Å². The molecule has 0 bridgehead atoms. The third kappa shape index (κ3) is 3.78. The van der Waals surface area contributed by atoms with E-state index in [-0.39, 0.29) is 6.29 Å². The molecule has 1 saturated heterocycles. The second kappa shape index (κ2) is 5.00. The Kier molecular flexibility index (Phi) is 3.98. The van der Waals surface area contributed by atoms with Crippen molar-refractivity contribution in [3.8, 4) is 0 Å². The maximum atomic E-state index is 10.6. The van der Waals surface area contributed by atoms with Crippen molar-refractivity contribution in [2.75, 3.05) is 13.2 Å². The summed E-state index contributed by atoms with van der Waals surface area (Å²) in [7, 11) is -1.18. The molecule has 0 radical (unpaired) electrons. The standard InChI is InChI=1S/C13H26O3Si/c1-17(2,3)10-13(14)6-4-11(5-7-13)12-15-8-9-16-12/h11-12,14H,4-10H2,1-3H3. The Morgan fingerprint density at radius 1 is 1.12 bits per heavy atom. The number of ether oxygens (including phenoxy) is 2. The number of hydrogen-bond acceptors (Lipinski definition) is 3. The van der Waals surface area contributed by atoms with Crippen LogP contribution in [0.25, 0.3) is 0 Å². The zero-order valence-electron chi connectivity index (χ0n) is 11.4. The van der Waals surface area contributed by atoms with E-state index in [4.69, 9.17) is 9.47 Å². The van der Waals surface area contributed by atoms with Gasteiger partial charge >= 0.3 is 0 Å². The normalized spacial score (nSPS) is 36.4. The maximum Gasteiger partial charge on any atom is 0.160 e. The lowest BCUT2D eigenvalue weighted by Crippen LogP contribution is -2.42. The molecule has 0 aromatic rings. The second-order valence-corrected chi connectivity index (χ2v) is 12.4. The molecule has 0 atom stereocenters. The minimum atomic E-state index is -1.18. The van der Waals surface area contributed by atoms with Crippen molar-refractivity contribution in [3.05, 3.63) is 0 Å². The number of rotatable bonds is 3. The molecule has 100 valence electrons. The second-order valence-electron chi connectivity index (χ2n) is 6.91. The molecule has 0 aromatic carbocycles. The molecule has 0 aromatic heterocycles. The Balaban J connectivity index is 1.84. The van der Waals surface area contributed by atoms with E-state index < -0.39 is 13.7 Å². The summed E-state index contributed by atoms with van der Waals surface area (Å²) in [6.07, 6.45) is 3.94. The highest BCUT2D eigenvalue weighted by atomic mass is 28.3. The van der Waals surface area contributed by atoms with Gasteiger partial charge in [0.2, 0.25) is 0 Å². The maximum absolute atomic E-state index is 10.6. The Hall–Kier alpha value is 0.0969. The molecule has 2 fully saturated rings. The number of hydrogen-bond donors (Lipinski definition) is 1. The van der Waals surface area contributed by atoms with E-state index in [1.807, 2.05) is 0 Å². The first-order chi connectivity index (χ1) is 7.88. The molecular weight excluding hydrogens is 232 g/mol. The Morgan fingerprint density at radius 3 is 2.12 bits per heavy atom. The van der Waals surface area contributed by atoms with E-state index >= 15 is 0 Å². The van der Waals surface area contributed by atoms with Crippen LogP contribution in [-0.4, -0.2) is 38.3 Å². The molecule has 2 rings (SSSR count). The lowest BCUT2D eigenvalue weighted by Gasteiger charge is -2.40. The molecule has 1 heterocycles. The number of aliphatic hydroxyl groups is 1. The van der Waals surface area contributed by atoms with Gasteiger partial charge in [-0.3, -0.25) is 0 Å². The quantitative estimate of drug-likeness (QED) is 0.791. The van der Waals surface area contributed by atoms with Gasteiger partial charge in [0.1, 0.15) is 0 Å². The fourth-order valence-electron chi connectivity index (χ4n) is 3.26. The van der Waals surface area contributed by atoms with Crippen LogP contribution in [0.2, 0.25) is 25.7 Å². The smallest absolute Gasteiger partial charge is 0.160 e. The largest absolute Gasteiger partial charge is 0.390 e. The van der Waals surface area contributed by atoms with Gasteiger partial charge in [-0.1, -0.05) is 19.6 Å². The monoisotopic (exact) mass is 258 g/mol. The van der Waals surface area contributed by atoms with Crippen LogP contribution in [0.15, 0.2) is 0 Å². The van der Waals surface area contributed by atoms with Crippen LogP contribution in [0.3, 0.4) is 0 Å². The molecule has 0 unspecified atom stereocenters. The Morgan fingerprint density at radius 2 is 1.65 bits per heavy atom. The molecule has 4 heteroatoms. The minimum Gasteiger partial charge on any atom is -0.390 e. The topological polar surface area (TPSA) is 38.7 Å². The third-order valence-corrected chi connectivity index (χ3v) is 5.57. The molecule has 0 spiro atoms. The summed E-state index contributed by atoms with van der Waals surface area (Å²) in [5, 5.41) is 10.6. The van der Waals surface area contributed by atoms with E-state index in [0.29, 0.717) is 5.92 Å². The molecular formula is C13H26O3Si. The predicted octanol–water partition coefficient (Wildman–Crippen LogP) is 2.62. The van der Waals surface area contributed by atoms with Gasteiger partial charge in [0, 0.05) is 14.0 Å². The summed E-state index contributed by atoms with van der Waals surface area (Å²) in [5.74, 6) is 0.499. The molecule has 2 aliphatic rings. The zero-order valence-corrected chi connectivity index (χ0v) is 12.4. The van der Waals surface area contributed by atoms with Crippen molar-refractivity contribution in [1.82, 2.24) is 0 Å². The van der Waals surface area contributed by atoms with Crippen LogP contribution < -0.4 is 0 Å². The van der Waals surface area contributed by atoms with Crippen LogP contribution in [0.1, 0.15) is 25.7 Å². The minimum absolute atomic E-state index is 0.00596. The first kappa shape index (κ1) is 13.5. The van der Waals surface area contributed by atoms with E-state index in [2.05, 4.69) is 19.6 Å². The van der Waals surface area contributed by atoms with E-state index in [1.54, 1.807) is 0 Å². The van der Waals surface area contributed by atoms with Gasteiger partial charge in [0.05, 0.1) is 18.8 Å². The average Bonchev–Trinajstić information content (AvgIpc) is 2.68. The summed E-state index contributed by atoms with van der Waals surface area (Å²) in [5.41, 5.74) is -0.403. The van der Waals surface area contributed by atoms with Crippen molar-refractivity contribution >= 4 is 8.07 Å². The SMILES string of the molecule is C[Si](C)(C)CC1(O)CCC(C2OCCO2)CC1. The highest BCUT2D eigenvalue weighted by molar-refractivity contribution is 6.76. The van der Waals surface area contributed by atoms with Crippen LogP contribution in [0.4, 0.5) is 0 Å². The van der Waals surface area contributed by atoms with Gasteiger partial charge in [-0.2, -0.15) is 0 Å². The van der Waals surface area contributed by atoms with Crippen LogP contribution >= 0.6 is 0 Å². The van der Waals surface area contributed by atoms with Gasteiger partial charge in [-0.25, -0.2) is 0 Å². The Labute approximate surface area is 106 Å². The summed E-state index contributed by atoms with van der Waals surface area (Å²) in [6.45, 7) is 8.47. The molecule has 17 heavy (non-hydrogen) atoms. The average molecular weight is 258 g/mol. The molecule has 1 N–H and O–H groups in total. The molecule has 1 aliphatic carbocycles. The first-order valence-electron chi connectivity index (χ1n) is 6.84. The summed E-state index contributed by atoms with van der Waals surface area (Å²) in [4.78, 5) is 0. The van der Waals surface area contributed by atoms with Crippen molar-refractivity contribution < 1.29 is 14.6 Å². The van der Waals surface area contributed by atoms with E-state index in [0.717, 1.165) is 44.9 Å². The van der Waals surface area contributed by atoms with E-state index in [9.17, 15) is 5.11 Å². The molecule has 3 nitrogen and oxygen atoms in total. The van der Waals surface area contributed by atoms with Crippen molar-refractivity contribution in [1.29, 1.82) is 0 Å². The molecule has 0 amide bonds. The third-order valence-electron chi connectivity index (χ3n) is 3.85. The molecule has 1 aliphatic heterocycles. The van der Waals surface area contributed by atoms with Crippen LogP contribution in [0.5, 0.6) is 0 Å². The lowest BCUT2D eigenvalue weighted by atomic mass is 9.79. The Bertz CT molecular complexity index is 248. The zero-order chi connectivity index (χ0) is 12.5. The summed E-state index contributed by atoms with van der Waals surface area (Å²) >= 11 is 0. The van der Waals surface area contributed by atoms with Crippen LogP contribution in [0, 0.1) is 5.92 Å². The van der Waals surface area contributed by atoms with Gasteiger partial charge in [-0.05, 0) is 31.7 Å². The highest BCUT2D eigenvalue weighted by Gasteiger charge is 2.40. The van der Waals surface area contributed by atoms with Crippen LogP contribution in [-0.2, 0) is 9.47 Å². The highest BCUT2D eigenvalue weighted by Crippen LogP contribution is 2.40. The summed E-state index contributed by atoms with van der Waals surface area (Å²) in [6, 6.07) is 1.03. The van der Waals surface area contributed by atoms with E-state index in [1.165, 1.54) is 0 Å².